The molecule has 1 unspecified atom stereocenters. The first-order valence-electron chi connectivity index (χ1n) is 8.40. The number of morpholine rings is 1. The largest absolute Gasteiger partial charge is 0.460 e. The lowest BCUT2D eigenvalue weighted by Gasteiger charge is -2.31. The number of sulfonamides is 1. The number of hydrogen-bond acceptors (Lipinski definition) is 7. The molecule has 9 heteroatoms. The number of nitrogens with zero attached hydrogens (tertiary/aromatic N) is 1. The average Bonchev–Trinajstić information content (AvgIpc) is 2.98. The number of esters is 1. The first-order chi connectivity index (χ1) is 12.4. The molecule has 1 aromatic carbocycles. The Morgan fingerprint density at radius 2 is 2.19 bits per heavy atom. The third-order valence-electron chi connectivity index (χ3n) is 4.37. The Labute approximate surface area is 151 Å². The van der Waals surface area contributed by atoms with E-state index in [1.165, 1.54) is 16.4 Å². The molecule has 0 aliphatic carbocycles. The van der Waals surface area contributed by atoms with Crippen LogP contribution in [0.3, 0.4) is 0 Å². The molecule has 2 heterocycles. The van der Waals surface area contributed by atoms with Gasteiger partial charge in [-0.1, -0.05) is 0 Å². The number of carbonyl (C=O) groups excluding carboxylic acids is 1. The molecule has 0 amide bonds. The van der Waals surface area contributed by atoms with Gasteiger partial charge in [0.1, 0.15) is 5.58 Å². The van der Waals surface area contributed by atoms with Crippen LogP contribution in [0.1, 0.15) is 23.0 Å². The maximum absolute atomic E-state index is 13.0. The van der Waals surface area contributed by atoms with Gasteiger partial charge in [-0.15, -0.1) is 0 Å². The molecule has 3 rings (SSSR count). The van der Waals surface area contributed by atoms with Crippen molar-refractivity contribution in [1.82, 2.24) is 4.31 Å². The molecular formula is C17H22N2O6S. The van der Waals surface area contributed by atoms with Crippen molar-refractivity contribution >= 4 is 27.0 Å². The van der Waals surface area contributed by atoms with E-state index in [2.05, 4.69) is 0 Å². The Hall–Kier alpha value is -1.94. The summed E-state index contributed by atoms with van der Waals surface area (Å²) in [6, 6.07) is 4.56. The van der Waals surface area contributed by atoms with Crippen molar-refractivity contribution in [1.29, 1.82) is 0 Å². The molecule has 142 valence electrons. The monoisotopic (exact) mass is 382 g/mol. The van der Waals surface area contributed by atoms with E-state index in [1.807, 2.05) is 0 Å². The summed E-state index contributed by atoms with van der Waals surface area (Å²) in [5, 5.41) is 0.567. The standard InChI is InChI=1S/C17H22N2O6S/c1-3-23-17(20)16-11(2)14-8-13(4-5-15(14)25-16)26(21,22)19-6-7-24-12(9-18)10-19/h4-5,8,12H,3,6-7,9-10,18H2,1-2H3. The maximum atomic E-state index is 13.0. The number of hydrogen-bond donors (Lipinski definition) is 1. The lowest BCUT2D eigenvalue weighted by molar-refractivity contribution is 0.00451. The Morgan fingerprint density at radius 3 is 2.88 bits per heavy atom. The quantitative estimate of drug-likeness (QED) is 0.775. The van der Waals surface area contributed by atoms with Crippen LogP contribution in [0.25, 0.3) is 11.0 Å². The highest BCUT2D eigenvalue weighted by Gasteiger charge is 2.31. The average molecular weight is 382 g/mol. The van der Waals surface area contributed by atoms with Crippen LogP contribution in [0.5, 0.6) is 0 Å². The van der Waals surface area contributed by atoms with E-state index >= 15 is 0 Å². The zero-order chi connectivity index (χ0) is 18.9. The smallest absolute Gasteiger partial charge is 0.374 e. The second-order valence-electron chi connectivity index (χ2n) is 6.03. The van der Waals surface area contributed by atoms with Gasteiger partial charge in [0.2, 0.25) is 15.8 Å². The van der Waals surface area contributed by atoms with Gasteiger partial charge in [-0.05, 0) is 32.0 Å². The summed E-state index contributed by atoms with van der Waals surface area (Å²) in [6.07, 6.45) is -0.312. The molecule has 1 fully saturated rings. The topological polar surface area (TPSA) is 112 Å². The number of ether oxygens (including phenoxy) is 2. The molecule has 26 heavy (non-hydrogen) atoms. The Morgan fingerprint density at radius 1 is 1.42 bits per heavy atom. The summed E-state index contributed by atoms with van der Waals surface area (Å²) in [4.78, 5) is 12.1. The lowest BCUT2D eigenvalue weighted by Crippen LogP contribution is -2.48. The molecule has 0 spiro atoms. The Balaban J connectivity index is 1.98. The minimum Gasteiger partial charge on any atom is -0.460 e. The van der Waals surface area contributed by atoms with E-state index in [1.54, 1.807) is 19.9 Å². The van der Waals surface area contributed by atoms with Crippen LogP contribution in [0.2, 0.25) is 0 Å². The van der Waals surface area contributed by atoms with Gasteiger partial charge in [-0.2, -0.15) is 4.31 Å². The van der Waals surface area contributed by atoms with Crippen LogP contribution < -0.4 is 5.73 Å². The Bertz CT molecular complexity index is 921. The van der Waals surface area contributed by atoms with Crippen molar-refractivity contribution in [2.75, 3.05) is 32.8 Å². The molecule has 1 saturated heterocycles. The lowest BCUT2D eigenvalue weighted by atomic mass is 10.1. The SMILES string of the molecule is CCOC(=O)c1oc2ccc(S(=O)(=O)N3CCOC(CN)C3)cc2c1C. The number of benzene rings is 1. The zero-order valence-electron chi connectivity index (χ0n) is 14.7. The van der Waals surface area contributed by atoms with Crippen molar-refractivity contribution in [3.63, 3.8) is 0 Å². The third kappa shape index (κ3) is 3.35. The van der Waals surface area contributed by atoms with Crippen molar-refractivity contribution in [3.05, 3.63) is 29.5 Å². The fourth-order valence-corrected chi connectivity index (χ4v) is 4.44. The number of rotatable bonds is 5. The van der Waals surface area contributed by atoms with Gasteiger partial charge in [-0.3, -0.25) is 0 Å². The molecule has 0 saturated carbocycles. The molecule has 2 aromatic rings. The summed E-state index contributed by atoms with van der Waals surface area (Å²) in [7, 11) is -3.69. The van der Waals surface area contributed by atoms with Gasteiger partial charge in [0.05, 0.1) is 24.2 Å². The molecule has 1 aliphatic heterocycles. The maximum Gasteiger partial charge on any atom is 0.374 e. The first-order valence-corrected chi connectivity index (χ1v) is 9.84. The van der Waals surface area contributed by atoms with Gasteiger partial charge in [0.25, 0.3) is 0 Å². The van der Waals surface area contributed by atoms with Crippen LogP contribution >= 0.6 is 0 Å². The first kappa shape index (κ1) is 18.8. The van der Waals surface area contributed by atoms with Gasteiger partial charge >= 0.3 is 5.97 Å². The van der Waals surface area contributed by atoms with Gasteiger partial charge < -0.3 is 19.6 Å². The summed E-state index contributed by atoms with van der Waals surface area (Å²) in [5.74, 6) is -0.476. The molecule has 1 aliphatic rings. The van der Waals surface area contributed by atoms with Gasteiger partial charge in [0, 0.05) is 30.6 Å². The van der Waals surface area contributed by atoms with Crippen molar-refractivity contribution in [2.24, 2.45) is 5.73 Å². The molecule has 8 nitrogen and oxygen atoms in total. The van der Waals surface area contributed by atoms with E-state index in [0.717, 1.165) is 0 Å². The number of furan rings is 1. The summed E-state index contributed by atoms with van der Waals surface area (Å²) < 4.78 is 43.2. The minimum absolute atomic E-state index is 0.0889. The summed E-state index contributed by atoms with van der Waals surface area (Å²) in [6.45, 7) is 4.69. The Kier molecular flexibility index (Phi) is 5.33. The van der Waals surface area contributed by atoms with Crippen molar-refractivity contribution in [3.8, 4) is 0 Å². The molecule has 0 bridgehead atoms. The molecule has 1 atom stereocenters. The number of nitrogens with two attached hydrogens (primary N) is 1. The molecule has 2 N–H and O–H groups in total. The molecule has 0 radical (unpaired) electrons. The van der Waals surface area contributed by atoms with Crippen LogP contribution in [-0.4, -0.2) is 57.6 Å². The van der Waals surface area contributed by atoms with Gasteiger partial charge in [-0.25, -0.2) is 13.2 Å². The highest BCUT2D eigenvalue weighted by atomic mass is 32.2. The normalized spacial score (nSPS) is 19.0. The third-order valence-corrected chi connectivity index (χ3v) is 6.23. The van der Waals surface area contributed by atoms with E-state index in [0.29, 0.717) is 23.1 Å². The minimum atomic E-state index is -3.69. The van der Waals surface area contributed by atoms with E-state index in [9.17, 15) is 13.2 Å². The highest BCUT2D eigenvalue weighted by molar-refractivity contribution is 7.89. The molecular weight excluding hydrogens is 360 g/mol. The number of carbonyl (C=O) groups is 1. The number of aryl methyl sites for hydroxylation is 1. The zero-order valence-corrected chi connectivity index (χ0v) is 15.5. The van der Waals surface area contributed by atoms with E-state index in [4.69, 9.17) is 19.6 Å². The van der Waals surface area contributed by atoms with E-state index < -0.39 is 16.0 Å². The predicted molar refractivity (Wildman–Crippen MR) is 94.5 cm³/mol. The fourth-order valence-electron chi connectivity index (χ4n) is 2.95. The predicted octanol–water partition coefficient (Wildman–Crippen LogP) is 1.27. The van der Waals surface area contributed by atoms with Crippen LogP contribution in [-0.2, 0) is 19.5 Å². The van der Waals surface area contributed by atoms with Crippen LogP contribution in [0.15, 0.2) is 27.5 Å². The van der Waals surface area contributed by atoms with Gasteiger partial charge in [0.15, 0.2) is 0 Å². The second kappa shape index (κ2) is 7.36. The second-order valence-corrected chi connectivity index (χ2v) is 7.96. The summed E-state index contributed by atoms with van der Waals surface area (Å²) in [5.41, 5.74) is 6.58. The van der Waals surface area contributed by atoms with Crippen LogP contribution in [0, 0.1) is 6.92 Å². The highest BCUT2D eigenvalue weighted by Crippen LogP contribution is 2.29. The fraction of sp³-hybridized carbons (Fsp3) is 0.471. The molecule has 1 aromatic heterocycles. The van der Waals surface area contributed by atoms with Crippen LogP contribution in [0.4, 0.5) is 0 Å². The van der Waals surface area contributed by atoms with Crippen molar-refractivity contribution in [2.45, 2.75) is 24.8 Å². The summed E-state index contributed by atoms with van der Waals surface area (Å²) >= 11 is 0. The van der Waals surface area contributed by atoms with E-state index in [-0.39, 0.29) is 43.0 Å². The van der Waals surface area contributed by atoms with Crippen molar-refractivity contribution < 1.29 is 27.1 Å². The number of fused-ring (bicyclic) bond motifs is 1.